The summed E-state index contributed by atoms with van der Waals surface area (Å²) in [4.78, 5) is 33.0. The third kappa shape index (κ3) is 3.72. The van der Waals surface area contributed by atoms with E-state index in [0.717, 1.165) is 29.5 Å². The number of benzene rings is 1. The van der Waals surface area contributed by atoms with Crippen LogP contribution in [0.5, 0.6) is 5.75 Å². The number of amides is 2. The van der Waals surface area contributed by atoms with E-state index in [-0.39, 0.29) is 11.9 Å². The van der Waals surface area contributed by atoms with E-state index >= 15 is 0 Å². The van der Waals surface area contributed by atoms with Crippen LogP contribution in [-0.4, -0.2) is 39.4 Å². The standard InChI is InChI=1S/C24H25N5O3/c1-15-8-21(12-25-10-15)32-24(31)27-13-16(2)29(17(3)30)22-7-4-18(9-23(22)27)19-11-26-28(14-19)20-5-6-20/h4,7-12,14,16,20H,5-6,13H2,1-3H3/t16-/m0/s1. The summed E-state index contributed by atoms with van der Waals surface area (Å²) < 4.78 is 7.63. The molecule has 8 nitrogen and oxygen atoms in total. The predicted molar refractivity (Wildman–Crippen MR) is 121 cm³/mol. The molecule has 1 aromatic carbocycles. The number of ether oxygens (including phenoxy) is 1. The minimum atomic E-state index is -0.500. The van der Waals surface area contributed by atoms with Gasteiger partial charge in [-0.25, -0.2) is 4.79 Å². The fourth-order valence-corrected chi connectivity index (χ4v) is 4.22. The van der Waals surface area contributed by atoms with Crippen LogP contribution >= 0.6 is 0 Å². The molecule has 1 fully saturated rings. The molecule has 3 aromatic rings. The molecule has 2 amide bonds. The highest BCUT2D eigenvalue weighted by Gasteiger charge is 2.35. The average molecular weight is 431 g/mol. The summed E-state index contributed by atoms with van der Waals surface area (Å²) in [5.41, 5.74) is 4.14. The van der Waals surface area contributed by atoms with Crippen molar-refractivity contribution in [2.45, 2.75) is 45.7 Å². The number of rotatable bonds is 3. The number of fused-ring (bicyclic) bond motifs is 1. The third-order valence-corrected chi connectivity index (χ3v) is 5.88. The van der Waals surface area contributed by atoms with Gasteiger partial charge in [0.1, 0.15) is 0 Å². The van der Waals surface area contributed by atoms with Crippen LogP contribution in [0.2, 0.25) is 0 Å². The second kappa shape index (κ2) is 7.78. The highest BCUT2D eigenvalue weighted by Crippen LogP contribution is 2.40. The van der Waals surface area contributed by atoms with Crippen molar-refractivity contribution in [2.75, 3.05) is 16.3 Å². The molecule has 3 heterocycles. The largest absolute Gasteiger partial charge is 0.419 e. The van der Waals surface area contributed by atoms with Crippen LogP contribution in [0.15, 0.2) is 49.1 Å². The van der Waals surface area contributed by atoms with Crippen LogP contribution in [-0.2, 0) is 4.79 Å². The first kappa shape index (κ1) is 20.2. The minimum absolute atomic E-state index is 0.0658. The van der Waals surface area contributed by atoms with Gasteiger partial charge in [-0.2, -0.15) is 5.10 Å². The van der Waals surface area contributed by atoms with Gasteiger partial charge < -0.3 is 9.64 Å². The molecule has 164 valence electrons. The molecule has 0 unspecified atom stereocenters. The number of aryl methyl sites for hydroxylation is 1. The zero-order valence-corrected chi connectivity index (χ0v) is 18.4. The Bertz CT molecular complexity index is 1200. The van der Waals surface area contributed by atoms with Crippen molar-refractivity contribution in [3.8, 4) is 16.9 Å². The van der Waals surface area contributed by atoms with E-state index in [1.165, 1.54) is 6.20 Å². The molecule has 2 aliphatic rings. The smallest absolute Gasteiger partial charge is 0.408 e. The molecule has 0 spiro atoms. The van der Waals surface area contributed by atoms with Crippen molar-refractivity contribution in [1.29, 1.82) is 0 Å². The second-order valence-corrected chi connectivity index (χ2v) is 8.56. The van der Waals surface area contributed by atoms with Crippen molar-refractivity contribution in [1.82, 2.24) is 14.8 Å². The third-order valence-electron chi connectivity index (χ3n) is 5.88. The summed E-state index contributed by atoms with van der Waals surface area (Å²) in [7, 11) is 0. The lowest BCUT2D eigenvalue weighted by Gasteiger charge is -2.40. The number of nitrogens with zero attached hydrogens (tertiary/aromatic N) is 5. The zero-order valence-electron chi connectivity index (χ0n) is 18.4. The van der Waals surface area contributed by atoms with Crippen LogP contribution < -0.4 is 14.5 Å². The number of hydrogen-bond acceptors (Lipinski definition) is 5. The Morgan fingerprint density at radius 1 is 1.06 bits per heavy atom. The number of aromatic nitrogens is 3. The molecule has 2 aromatic heterocycles. The van der Waals surface area contributed by atoms with Crippen LogP contribution in [0.3, 0.4) is 0 Å². The van der Waals surface area contributed by atoms with Crippen molar-refractivity contribution in [2.24, 2.45) is 0 Å². The Morgan fingerprint density at radius 3 is 2.59 bits per heavy atom. The minimum Gasteiger partial charge on any atom is -0.408 e. The molecule has 1 saturated carbocycles. The number of carbonyl (C=O) groups is 2. The Labute approximate surface area is 186 Å². The average Bonchev–Trinajstić information content (AvgIpc) is 3.49. The fraction of sp³-hybridized carbons (Fsp3) is 0.333. The molecular formula is C24H25N5O3. The first-order chi connectivity index (χ1) is 15.4. The van der Waals surface area contributed by atoms with E-state index in [0.29, 0.717) is 29.7 Å². The molecule has 0 saturated heterocycles. The van der Waals surface area contributed by atoms with Gasteiger partial charge in [0.25, 0.3) is 0 Å². The van der Waals surface area contributed by atoms with E-state index in [4.69, 9.17) is 4.74 Å². The maximum atomic E-state index is 13.2. The van der Waals surface area contributed by atoms with Gasteiger partial charge in [-0.3, -0.25) is 19.4 Å². The van der Waals surface area contributed by atoms with Gasteiger partial charge in [0.2, 0.25) is 5.91 Å². The van der Waals surface area contributed by atoms with Crippen LogP contribution in [0, 0.1) is 6.92 Å². The summed E-state index contributed by atoms with van der Waals surface area (Å²) in [6.07, 6.45) is 8.91. The normalized spacial score (nSPS) is 17.8. The van der Waals surface area contributed by atoms with Crippen molar-refractivity contribution in [3.63, 3.8) is 0 Å². The lowest BCUT2D eigenvalue weighted by Crippen LogP contribution is -2.52. The topological polar surface area (TPSA) is 80.6 Å². The van der Waals surface area contributed by atoms with Crippen molar-refractivity contribution in [3.05, 3.63) is 54.6 Å². The molecular weight excluding hydrogens is 406 g/mol. The maximum absolute atomic E-state index is 13.2. The van der Waals surface area contributed by atoms with Gasteiger partial charge in [0.15, 0.2) is 5.75 Å². The van der Waals surface area contributed by atoms with Crippen molar-refractivity contribution >= 4 is 23.4 Å². The summed E-state index contributed by atoms with van der Waals surface area (Å²) in [6.45, 7) is 5.68. The van der Waals surface area contributed by atoms with E-state index in [9.17, 15) is 9.59 Å². The monoisotopic (exact) mass is 431 g/mol. The highest BCUT2D eigenvalue weighted by atomic mass is 16.6. The lowest BCUT2D eigenvalue weighted by atomic mass is 10.0. The molecule has 5 rings (SSSR count). The summed E-state index contributed by atoms with van der Waals surface area (Å²) in [5.74, 6) is 0.323. The van der Waals surface area contributed by atoms with Gasteiger partial charge >= 0.3 is 6.09 Å². The lowest BCUT2D eigenvalue weighted by molar-refractivity contribution is -0.117. The molecule has 32 heavy (non-hydrogen) atoms. The van der Waals surface area contributed by atoms with E-state index < -0.39 is 6.09 Å². The van der Waals surface area contributed by atoms with E-state index in [1.807, 2.05) is 49.1 Å². The zero-order chi connectivity index (χ0) is 22.4. The number of anilines is 2. The maximum Gasteiger partial charge on any atom is 0.419 e. The molecule has 0 bridgehead atoms. The first-order valence-corrected chi connectivity index (χ1v) is 10.8. The van der Waals surface area contributed by atoms with Crippen LogP contribution in [0.25, 0.3) is 11.1 Å². The Balaban J connectivity index is 1.52. The summed E-state index contributed by atoms with van der Waals surface area (Å²) in [5, 5.41) is 4.48. The van der Waals surface area contributed by atoms with Gasteiger partial charge in [-0.05, 0) is 56.0 Å². The number of carbonyl (C=O) groups excluding carboxylic acids is 2. The van der Waals surface area contributed by atoms with Crippen molar-refractivity contribution < 1.29 is 14.3 Å². The first-order valence-electron chi connectivity index (χ1n) is 10.8. The fourth-order valence-electron chi connectivity index (χ4n) is 4.22. The predicted octanol–water partition coefficient (Wildman–Crippen LogP) is 4.35. The SMILES string of the molecule is CC(=O)N1c2ccc(-c3cnn(C4CC4)c3)cc2N(C(=O)Oc2cncc(C)c2)C[C@@H]1C. The van der Waals surface area contributed by atoms with Crippen LogP contribution in [0.4, 0.5) is 16.2 Å². The Hall–Kier alpha value is -3.68. The molecule has 0 radical (unpaired) electrons. The molecule has 1 aliphatic heterocycles. The van der Waals surface area contributed by atoms with E-state index in [1.54, 1.807) is 29.0 Å². The second-order valence-electron chi connectivity index (χ2n) is 8.56. The quantitative estimate of drug-likeness (QED) is 0.616. The molecule has 1 atom stereocenters. The van der Waals surface area contributed by atoms with Crippen LogP contribution in [0.1, 0.15) is 38.3 Å². The van der Waals surface area contributed by atoms with Gasteiger partial charge in [-0.15, -0.1) is 0 Å². The molecule has 0 N–H and O–H groups in total. The van der Waals surface area contributed by atoms with Gasteiger partial charge in [-0.1, -0.05) is 6.07 Å². The van der Waals surface area contributed by atoms with Gasteiger partial charge in [0, 0.05) is 31.4 Å². The van der Waals surface area contributed by atoms with Gasteiger partial charge in [0.05, 0.1) is 35.9 Å². The molecule has 8 heteroatoms. The number of hydrogen-bond donors (Lipinski definition) is 0. The molecule has 1 aliphatic carbocycles. The summed E-state index contributed by atoms with van der Waals surface area (Å²) in [6, 6.07) is 7.86. The Kier molecular flexibility index (Phi) is 4.92. The highest BCUT2D eigenvalue weighted by molar-refractivity contribution is 6.03. The number of pyridine rings is 1. The summed E-state index contributed by atoms with van der Waals surface area (Å²) >= 11 is 0. The van der Waals surface area contributed by atoms with E-state index in [2.05, 4.69) is 10.1 Å². The Morgan fingerprint density at radius 2 is 1.88 bits per heavy atom.